The number of likely N-dealkylation sites (tertiary alicyclic amines) is 1. The highest BCUT2D eigenvalue weighted by molar-refractivity contribution is 5.79. The molecule has 0 bridgehead atoms. The predicted molar refractivity (Wildman–Crippen MR) is 102 cm³/mol. The molecule has 8 nitrogen and oxygen atoms in total. The molecule has 2 aromatic rings. The normalized spacial score (nSPS) is 20.5. The lowest BCUT2D eigenvalue weighted by molar-refractivity contribution is -0.141. The fourth-order valence-electron chi connectivity index (χ4n) is 3.91. The van der Waals surface area contributed by atoms with Gasteiger partial charge in [0.25, 0.3) is 0 Å². The smallest absolute Gasteiger partial charge is 0.387 e. The molecule has 2 aliphatic heterocycles. The zero-order valence-corrected chi connectivity index (χ0v) is 16.5. The summed E-state index contributed by atoms with van der Waals surface area (Å²) in [5.74, 6) is 0.677. The molecule has 1 unspecified atom stereocenters. The molecule has 30 heavy (non-hydrogen) atoms. The summed E-state index contributed by atoms with van der Waals surface area (Å²) in [5, 5.41) is 3.92. The lowest BCUT2D eigenvalue weighted by Gasteiger charge is -2.35. The second kappa shape index (κ2) is 9.48. The van der Waals surface area contributed by atoms with Gasteiger partial charge in [-0.1, -0.05) is 17.3 Å². The number of rotatable bonds is 6. The second-order valence-electron chi connectivity index (χ2n) is 7.40. The van der Waals surface area contributed by atoms with Gasteiger partial charge in [-0.25, -0.2) is 0 Å². The van der Waals surface area contributed by atoms with Crippen LogP contribution in [0.25, 0.3) is 11.4 Å². The number of carbonyl (C=O) groups excluding carboxylic acids is 1. The molecule has 0 saturated carbocycles. The summed E-state index contributed by atoms with van der Waals surface area (Å²) in [5.41, 5.74) is 0.340. The Bertz CT molecular complexity index is 857. The third kappa shape index (κ3) is 4.93. The Morgan fingerprint density at radius 2 is 2.03 bits per heavy atom. The van der Waals surface area contributed by atoms with Gasteiger partial charge in [-0.15, -0.1) is 0 Å². The van der Waals surface area contributed by atoms with Crippen molar-refractivity contribution >= 4 is 5.91 Å². The van der Waals surface area contributed by atoms with Crippen LogP contribution in [0.1, 0.15) is 18.7 Å². The molecule has 0 N–H and O–H groups in total. The van der Waals surface area contributed by atoms with Gasteiger partial charge in [0.05, 0.1) is 31.2 Å². The van der Waals surface area contributed by atoms with Crippen molar-refractivity contribution in [3.8, 4) is 17.1 Å². The molecular weight excluding hydrogens is 398 g/mol. The molecule has 1 aromatic heterocycles. The number of carbonyl (C=O) groups is 1. The van der Waals surface area contributed by atoms with E-state index in [0.717, 1.165) is 19.4 Å². The van der Waals surface area contributed by atoms with Crippen LogP contribution >= 0.6 is 0 Å². The predicted octanol–water partition coefficient (Wildman–Crippen LogP) is 2.41. The van der Waals surface area contributed by atoms with Gasteiger partial charge in [0.1, 0.15) is 5.75 Å². The van der Waals surface area contributed by atoms with Crippen molar-refractivity contribution in [2.45, 2.75) is 26.0 Å². The molecule has 1 aromatic carbocycles. The minimum atomic E-state index is -2.94. The Kier molecular flexibility index (Phi) is 6.53. The zero-order valence-electron chi connectivity index (χ0n) is 16.5. The highest BCUT2D eigenvalue weighted by atomic mass is 19.3. The van der Waals surface area contributed by atoms with Gasteiger partial charge in [-0.05, 0) is 31.5 Å². The van der Waals surface area contributed by atoms with E-state index in [1.165, 1.54) is 6.07 Å². The summed E-state index contributed by atoms with van der Waals surface area (Å²) < 4.78 is 40.5. The number of morpholine rings is 1. The number of halogens is 2. The average molecular weight is 422 g/mol. The van der Waals surface area contributed by atoms with Gasteiger partial charge in [0.2, 0.25) is 17.6 Å². The summed E-state index contributed by atoms with van der Waals surface area (Å²) in [7, 11) is 0. The number of benzene rings is 1. The maximum atomic E-state index is 12.8. The van der Waals surface area contributed by atoms with Crippen LogP contribution in [0.3, 0.4) is 0 Å². The van der Waals surface area contributed by atoms with E-state index in [1.807, 2.05) is 4.90 Å². The Morgan fingerprint density at radius 3 is 2.83 bits per heavy atom. The Morgan fingerprint density at radius 1 is 1.23 bits per heavy atom. The number of piperidine rings is 1. The lowest BCUT2D eigenvalue weighted by atomic mass is 9.96. The van der Waals surface area contributed by atoms with E-state index in [1.54, 1.807) is 18.2 Å². The number of para-hydroxylation sites is 1. The number of aromatic nitrogens is 2. The molecule has 0 aliphatic carbocycles. The van der Waals surface area contributed by atoms with Crippen LogP contribution in [0, 0.1) is 5.92 Å². The molecule has 0 spiro atoms. The average Bonchev–Trinajstić information content (AvgIpc) is 3.22. The van der Waals surface area contributed by atoms with Gasteiger partial charge < -0.3 is 18.9 Å². The van der Waals surface area contributed by atoms with Gasteiger partial charge in [-0.3, -0.25) is 9.69 Å². The zero-order chi connectivity index (χ0) is 20.9. The first-order chi connectivity index (χ1) is 14.6. The number of nitrogens with zero attached hydrogens (tertiary/aromatic N) is 4. The van der Waals surface area contributed by atoms with Gasteiger partial charge >= 0.3 is 6.61 Å². The van der Waals surface area contributed by atoms with Crippen molar-refractivity contribution < 1.29 is 27.6 Å². The Labute approximate surface area is 172 Å². The lowest BCUT2D eigenvalue weighted by Crippen LogP contribution is -2.48. The number of hydrogen-bond donors (Lipinski definition) is 0. The number of amides is 1. The van der Waals surface area contributed by atoms with Crippen molar-refractivity contribution in [2.75, 3.05) is 39.4 Å². The van der Waals surface area contributed by atoms with E-state index in [4.69, 9.17) is 9.26 Å². The summed E-state index contributed by atoms with van der Waals surface area (Å²) in [6.07, 6.45) is 1.77. The van der Waals surface area contributed by atoms with E-state index in [0.29, 0.717) is 50.8 Å². The van der Waals surface area contributed by atoms with Crippen molar-refractivity contribution in [3.63, 3.8) is 0 Å². The maximum absolute atomic E-state index is 12.8. The number of ether oxygens (including phenoxy) is 2. The van der Waals surface area contributed by atoms with Crippen molar-refractivity contribution in [1.29, 1.82) is 0 Å². The summed E-state index contributed by atoms with van der Waals surface area (Å²) >= 11 is 0. The molecule has 0 radical (unpaired) electrons. The molecule has 1 atom stereocenters. The van der Waals surface area contributed by atoms with E-state index < -0.39 is 6.61 Å². The quantitative estimate of drug-likeness (QED) is 0.707. The van der Waals surface area contributed by atoms with Crippen LogP contribution in [0.5, 0.6) is 5.75 Å². The topological polar surface area (TPSA) is 80.9 Å². The fraction of sp³-hybridized carbons (Fsp3) is 0.550. The molecule has 2 fully saturated rings. The van der Waals surface area contributed by atoms with Crippen molar-refractivity contribution in [3.05, 3.63) is 30.2 Å². The first-order valence-corrected chi connectivity index (χ1v) is 10.1. The maximum Gasteiger partial charge on any atom is 0.387 e. The monoisotopic (exact) mass is 422 g/mol. The van der Waals surface area contributed by atoms with Crippen molar-refractivity contribution in [2.24, 2.45) is 5.92 Å². The third-order valence-electron chi connectivity index (χ3n) is 5.35. The first-order valence-electron chi connectivity index (χ1n) is 10.1. The SMILES string of the molecule is O=C(C1CCCN(Cc2nc(-c3ccccc3OC(F)F)no2)C1)N1CCOCC1. The standard InChI is InChI=1S/C20H24F2N4O4/c21-20(22)29-16-6-2-1-5-15(16)18-23-17(30-24-18)13-25-7-3-4-14(12-25)19(27)26-8-10-28-11-9-26/h1-2,5-6,14,20H,3-4,7-13H2. The molecule has 162 valence electrons. The molecule has 2 saturated heterocycles. The van der Waals surface area contributed by atoms with E-state index in [-0.39, 0.29) is 23.4 Å². The van der Waals surface area contributed by atoms with E-state index in [2.05, 4.69) is 19.8 Å². The minimum absolute atomic E-state index is 0.00556. The molecule has 4 rings (SSSR count). The number of alkyl halides is 2. The fourth-order valence-corrected chi connectivity index (χ4v) is 3.91. The molecule has 1 amide bonds. The Hall–Kier alpha value is -2.59. The minimum Gasteiger partial charge on any atom is -0.434 e. The summed E-state index contributed by atoms with van der Waals surface area (Å²) in [4.78, 5) is 21.1. The van der Waals surface area contributed by atoms with E-state index in [9.17, 15) is 13.6 Å². The highest BCUT2D eigenvalue weighted by Crippen LogP contribution is 2.29. The first kappa shape index (κ1) is 20.7. The van der Waals surface area contributed by atoms with Gasteiger partial charge in [0, 0.05) is 19.6 Å². The summed E-state index contributed by atoms with van der Waals surface area (Å²) in [6, 6.07) is 6.33. The largest absolute Gasteiger partial charge is 0.434 e. The second-order valence-corrected chi connectivity index (χ2v) is 7.40. The van der Waals surface area contributed by atoms with E-state index >= 15 is 0 Å². The van der Waals surface area contributed by atoms with Gasteiger partial charge in [0.15, 0.2) is 0 Å². The molecule has 2 aliphatic rings. The molecule has 10 heteroatoms. The van der Waals surface area contributed by atoms with Crippen molar-refractivity contribution in [1.82, 2.24) is 19.9 Å². The molecule has 3 heterocycles. The van der Waals surface area contributed by atoms with Crippen LogP contribution in [-0.4, -0.2) is 71.9 Å². The van der Waals surface area contributed by atoms with Crippen LogP contribution in [-0.2, 0) is 16.1 Å². The summed E-state index contributed by atoms with van der Waals surface area (Å²) in [6.45, 7) is 1.37. The highest BCUT2D eigenvalue weighted by Gasteiger charge is 2.30. The van der Waals surface area contributed by atoms with Crippen LogP contribution < -0.4 is 4.74 Å². The van der Waals surface area contributed by atoms with Crippen LogP contribution in [0.15, 0.2) is 28.8 Å². The molecular formula is C20H24F2N4O4. The van der Waals surface area contributed by atoms with Crippen LogP contribution in [0.2, 0.25) is 0 Å². The Balaban J connectivity index is 1.40. The third-order valence-corrected chi connectivity index (χ3v) is 5.35. The van der Waals surface area contributed by atoms with Crippen LogP contribution in [0.4, 0.5) is 8.78 Å². The van der Waals surface area contributed by atoms with Gasteiger partial charge in [-0.2, -0.15) is 13.8 Å². The number of hydrogen-bond acceptors (Lipinski definition) is 7.